The van der Waals surface area contributed by atoms with E-state index in [-0.39, 0.29) is 8.41 Å². The second-order valence-corrected chi connectivity index (χ2v) is 12.6. The molecule has 0 aromatic carbocycles. The second-order valence-electron chi connectivity index (χ2n) is 4.06. The van der Waals surface area contributed by atoms with Crippen LogP contribution in [0.3, 0.4) is 0 Å². The SMILES string of the molecule is CCC[CH2][Sn]([CH2]CCC)[CH2]CCC.[B]. The molecule has 0 amide bonds. The predicted octanol–water partition coefficient (Wildman–Crippen LogP) is 4.50. The minimum atomic E-state index is -0.839. The van der Waals surface area contributed by atoms with Crippen LogP contribution in [0.1, 0.15) is 59.3 Å². The van der Waals surface area contributed by atoms with E-state index in [1.165, 1.54) is 38.5 Å². The van der Waals surface area contributed by atoms with Gasteiger partial charge in [-0.2, -0.15) is 0 Å². The quantitative estimate of drug-likeness (QED) is 0.550. The van der Waals surface area contributed by atoms with Gasteiger partial charge in [0.15, 0.2) is 0 Å². The summed E-state index contributed by atoms with van der Waals surface area (Å²) in [5, 5.41) is 0. The first-order valence-corrected chi connectivity index (χ1v) is 12.2. The Morgan fingerprint density at radius 1 is 0.643 bits per heavy atom. The maximum absolute atomic E-state index is 2.33. The zero-order valence-electron chi connectivity index (χ0n) is 10.4. The van der Waals surface area contributed by atoms with Crippen molar-refractivity contribution in [3.05, 3.63) is 0 Å². The van der Waals surface area contributed by atoms with Crippen LogP contribution in [0, 0.1) is 0 Å². The van der Waals surface area contributed by atoms with Crippen molar-refractivity contribution in [1.82, 2.24) is 0 Å². The summed E-state index contributed by atoms with van der Waals surface area (Å²) in [5.74, 6) is 0. The molecule has 0 unspecified atom stereocenters. The second kappa shape index (κ2) is 13.9. The molecular weight excluding hydrogens is 274 g/mol. The average Bonchev–Trinajstić information content (AvgIpc) is 2.17. The van der Waals surface area contributed by atoms with Crippen molar-refractivity contribution >= 4 is 28.2 Å². The van der Waals surface area contributed by atoms with Crippen molar-refractivity contribution in [3.63, 3.8) is 0 Å². The fourth-order valence-corrected chi connectivity index (χ4v) is 11.1. The molecule has 0 N–H and O–H groups in total. The summed E-state index contributed by atoms with van der Waals surface area (Å²) in [7, 11) is 0. The Morgan fingerprint density at radius 3 is 1.14 bits per heavy atom. The normalized spacial score (nSPS) is 10.3. The van der Waals surface area contributed by atoms with E-state index in [0.29, 0.717) is 0 Å². The summed E-state index contributed by atoms with van der Waals surface area (Å²) < 4.78 is 5.04. The fourth-order valence-electron chi connectivity index (χ4n) is 1.66. The molecule has 0 aromatic rings. The molecule has 0 fully saturated rings. The Morgan fingerprint density at radius 2 is 0.929 bits per heavy atom. The first-order chi connectivity index (χ1) is 6.35. The van der Waals surface area contributed by atoms with Gasteiger partial charge in [-0.05, 0) is 0 Å². The molecule has 2 heteroatoms. The number of rotatable bonds is 9. The largest absolute Gasteiger partial charge is 0 e. The van der Waals surface area contributed by atoms with Crippen LogP contribution in [0.2, 0.25) is 13.3 Å². The molecule has 4 radical (unpaired) electrons. The van der Waals surface area contributed by atoms with Gasteiger partial charge < -0.3 is 0 Å². The van der Waals surface area contributed by atoms with Crippen molar-refractivity contribution in [2.75, 3.05) is 0 Å². The van der Waals surface area contributed by atoms with E-state index in [0.717, 1.165) is 0 Å². The molecule has 0 nitrogen and oxygen atoms in total. The molecule has 0 aliphatic rings. The molecule has 0 aliphatic heterocycles. The van der Waals surface area contributed by atoms with Gasteiger partial charge in [0.25, 0.3) is 0 Å². The van der Waals surface area contributed by atoms with Crippen molar-refractivity contribution in [1.29, 1.82) is 0 Å². The molecular formula is C12H27BSn. The first kappa shape index (κ1) is 17.3. The van der Waals surface area contributed by atoms with E-state index in [4.69, 9.17) is 0 Å². The molecule has 0 rings (SSSR count). The van der Waals surface area contributed by atoms with Gasteiger partial charge in [-0.15, -0.1) is 0 Å². The van der Waals surface area contributed by atoms with Crippen LogP contribution in [0.15, 0.2) is 0 Å². The maximum atomic E-state index is 2.33. The fraction of sp³-hybridized carbons (Fsp3) is 1.00. The maximum Gasteiger partial charge on any atom is 0 e. The minimum Gasteiger partial charge on any atom is 0 e. The predicted molar refractivity (Wildman–Crippen MR) is 70.7 cm³/mol. The Bertz CT molecular complexity index is 77.3. The van der Waals surface area contributed by atoms with E-state index >= 15 is 0 Å². The van der Waals surface area contributed by atoms with Crippen LogP contribution >= 0.6 is 0 Å². The molecule has 0 saturated heterocycles. The zero-order valence-corrected chi connectivity index (χ0v) is 13.3. The van der Waals surface area contributed by atoms with Gasteiger partial charge in [0, 0.05) is 8.41 Å². The minimum absolute atomic E-state index is 0. The number of unbranched alkanes of at least 4 members (excludes halogenated alkanes) is 3. The van der Waals surface area contributed by atoms with Crippen LogP contribution in [0.25, 0.3) is 0 Å². The third-order valence-electron chi connectivity index (χ3n) is 2.65. The standard InChI is InChI=1S/3C4H9.B.Sn/c3*1-3-4-2;;/h3*1,3-4H2,2H3;;. The monoisotopic (exact) mass is 302 g/mol. The van der Waals surface area contributed by atoms with E-state index in [1.54, 1.807) is 13.3 Å². The molecule has 0 bridgehead atoms. The van der Waals surface area contributed by atoms with Crippen LogP contribution < -0.4 is 0 Å². The number of hydrogen-bond donors (Lipinski definition) is 0. The summed E-state index contributed by atoms with van der Waals surface area (Å²) in [4.78, 5) is 0. The smallest absolute Gasteiger partial charge is 0 e. The third-order valence-corrected chi connectivity index (χ3v) is 11.7. The van der Waals surface area contributed by atoms with E-state index < -0.39 is 19.8 Å². The zero-order chi connectivity index (χ0) is 9.94. The summed E-state index contributed by atoms with van der Waals surface area (Å²) in [6, 6.07) is 0. The van der Waals surface area contributed by atoms with Gasteiger partial charge in [0.1, 0.15) is 0 Å². The Labute approximate surface area is 101 Å². The van der Waals surface area contributed by atoms with Gasteiger partial charge in [0.2, 0.25) is 0 Å². The summed E-state index contributed by atoms with van der Waals surface area (Å²) >= 11 is -0.839. The number of hydrogen-bond acceptors (Lipinski definition) is 0. The topological polar surface area (TPSA) is 0 Å². The molecule has 0 aromatic heterocycles. The van der Waals surface area contributed by atoms with Crippen molar-refractivity contribution in [3.8, 4) is 0 Å². The van der Waals surface area contributed by atoms with Crippen molar-refractivity contribution in [2.24, 2.45) is 0 Å². The molecule has 0 saturated carbocycles. The van der Waals surface area contributed by atoms with Crippen LogP contribution in [-0.4, -0.2) is 28.2 Å². The summed E-state index contributed by atoms with van der Waals surface area (Å²) in [6.07, 6.45) is 8.85. The molecule has 0 heterocycles. The van der Waals surface area contributed by atoms with Gasteiger partial charge in [-0.25, -0.2) is 0 Å². The van der Waals surface area contributed by atoms with Crippen molar-refractivity contribution < 1.29 is 0 Å². The van der Waals surface area contributed by atoms with Gasteiger partial charge >= 0.3 is 92.4 Å². The van der Waals surface area contributed by atoms with Crippen LogP contribution in [0.5, 0.6) is 0 Å². The van der Waals surface area contributed by atoms with E-state index in [2.05, 4.69) is 20.8 Å². The Balaban J connectivity index is 0. The molecule has 0 atom stereocenters. The van der Waals surface area contributed by atoms with Crippen LogP contribution in [-0.2, 0) is 0 Å². The summed E-state index contributed by atoms with van der Waals surface area (Å²) in [6.45, 7) is 7.00. The first-order valence-electron chi connectivity index (χ1n) is 6.18. The van der Waals surface area contributed by atoms with Crippen molar-refractivity contribution in [2.45, 2.75) is 72.6 Å². The van der Waals surface area contributed by atoms with Crippen LogP contribution in [0.4, 0.5) is 0 Å². The van der Waals surface area contributed by atoms with E-state index in [9.17, 15) is 0 Å². The Kier molecular flexibility index (Phi) is 17.1. The van der Waals surface area contributed by atoms with E-state index in [1.807, 2.05) is 0 Å². The molecule has 0 aliphatic carbocycles. The molecule has 82 valence electrons. The van der Waals surface area contributed by atoms with Gasteiger partial charge in [-0.1, -0.05) is 0 Å². The Hall–Kier alpha value is 0.864. The summed E-state index contributed by atoms with van der Waals surface area (Å²) in [5.41, 5.74) is 0. The molecule has 14 heavy (non-hydrogen) atoms. The van der Waals surface area contributed by atoms with Gasteiger partial charge in [0.05, 0.1) is 0 Å². The average molecular weight is 301 g/mol. The van der Waals surface area contributed by atoms with Gasteiger partial charge in [-0.3, -0.25) is 0 Å². The molecule has 0 spiro atoms. The third kappa shape index (κ3) is 10.9.